The second-order valence-corrected chi connectivity index (χ2v) is 6.81. The van der Waals surface area contributed by atoms with E-state index in [1.165, 1.54) is 11.1 Å². The van der Waals surface area contributed by atoms with Crippen molar-refractivity contribution in [3.63, 3.8) is 0 Å². The Morgan fingerprint density at radius 2 is 1.94 bits per heavy atom. The number of aryl methyl sites for hydroxylation is 1. The maximum absolute atomic E-state index is 5.77. The van der Waals surface area contributed by atoms with Gasteiger partial charge in [0, 0.05) is 10.5 Å². The normalized spacial score (nSPS) is 14.0. The van der Waals surface area contributed by atoms with E-state index < -0.39 is 0 Å². The van der Waals surface area contributed by atoms with Crippen molar-refractivity contribution >= 4 is 15.9 Å². The molecular weight excluding hydrogens is 288 g/mol. The summed E-state index contributed by atoms with van der Waals surface area (Å²) in [5.74, 6) is 0. The Bertz CT molecular complexity index is 399. The lowest BCUT2D eigenvalue weighted by atomic mass is 9.76. The molecule has 0 fully saturated rings. The van der Waals surface area contributed by atoms with Gasteiger partial charge in [0.1, 0.15) is 0 Å². The summed E-state index contributed by atoms with van der Waals surface area (Å²) >= 11 is 3.58. The quantitative estimate of drug-likeness (QED) is 0.897. The van der Waals surface area contributed by atoms with Gasteiger partial charge in [0.25, 0.3) is 0 Å². The van der Waals surface area contributed by atoms with E-state index in [-0.39, 0.29) is 5.41 Å². The molecule has 0 amide bonds. The van der Waals surface area contributed by atoms with Gasteiger partial charge in [0.05, 0.1) is 0 Å². The van der Waals surface area contributed by atoms with Gasteiger partial charge >= 0.3 is 0 Å². The average Bonchev–Trinajstić information content (AvgIpc) is 2.22. The molecule has 3 heteroatoms. The summed E-state index contributed by atoms with van der Waals surface area (Å²) in [5, 5.41) is 0. The number of hydrogen-bond acceptors (Lipinski definition) is 2. The van der Waals surface area contributed by atoms with Gasteiger partial charge < -0.3 is 10.6 Å². The van der Waals surface area contributed by atoms with E-state index in [4.69, 9.17) is 5.73 Å². The number of benzene rings is 1. The molecular formula is C15H25BrN2. The lowest BCUT2D eigenvalue weighted by Gasteiger charge is -2.40. The fourth-order valence-electron chi connectivity index (χ4n) is 2.81. The van der Waals surface area contributed by atoms with E-state index in [1.807, 2.05) is 0 Å². The summed E-state index contributed by atoms with van der Waals surface area (Å²) in [6.07, 6.45) is 1.02. The predicted molar refractivity (Wildman–Crippen MR) is 82.8 cm³/mol. The fraction of sp³-hybridized carbons (Fsp3) is 0.600. The van der Waals surface area contributed by atoms with E-state index in [0.717, 1.165) is 17.4 Å². The van der Waals surface area contributed by atoms with Crippen LogP contribution in [0.25, 0.3) is 0 Å². The van der Waals surface area contributed by atoms with Gasteiger partial charge in [-0.2, -0.15) is 0 Å². The SMILES string of the molecule is Cc1ccc(Br)cc1C(N(C)C)C(C)(C)CCN. The molecule has 1 aromatic carbocycles. The summed E-state index contributed by atoms with van der Waals surface area (Å²) in [4.78, 5) is 2.30. The Hall–Kier alpha value is -0.380. The van der Waals surface area contributed by atoms with Crippen LogP contribution in [0.15, 0.2) is 22.7 Å². The molecule has 0 aliphatic heterocycles. The molecule has 102 valence electrons. The predicted octanol–water partition coefficient (Wildman–Crippen LogP) is 3.74. The Morgan fingerprint density at radius 3 is 2.44 bits per heavy atom. The van der Waals surface area contributed by atoms with Crippen LogP contribution >= 0.6 is 15.9 Å². The van der Waals surface area contributed by atoms with Crippen LogP contribution in [0.5, 0.6) is 0 Å². The maximum Gasteiger partial charge on any atom is 0.0396 e. The molecule has 0 bridgehead atoms. The maximum atomic E-state index is 5.77. The third-order valence-corrected chi connectivity index (χ3v) is 4.07. The first-order valence-corrected chi connectivity index (χ1v) is 7.21. The van der Waals surface area contributed by atoms with Crippen molar-refractivity contribution in [2.75, 3.05) is 20.6 Å². The Labute approximate surface area is 120 Å². The molecule has 1 aromatic rings. The summed E-state index contributed by atoms with van der Waals surface area (Å²) < 4.78 is 1.14. The van der Waals surface area contributed by atoms with Crippen LogP contribution in [0.4, 0.5) is 0 Å². The zero-order valence-corrected chi connectivity index (χ0v) is 13.7. The highest BCUT2D eigenvalue weighted by atomic mass is 79.9. The molecule has 1 rings (SSSR count). The van der Waals surface area contributed by atoms with Gasteiger partial charge in [-0.3, -0.25) is 0 Å². The number of hydrogen-bond donors (Lipinski definition) is 1. The highest BCUT2D eigenvalue weighted by Crippen LogP contribution is 2.41. The van der Waals surface area contributed by atoms with Gasteiger partial charge in [-0.15, -0.1) is 0 Å². The standard InChI is InChI=1S/C15H25BrN2/c1-11-6-7-12(16)10-13(11)14(18(4)5)15(2,3)8-9-17/h6-7,10,14H,8-9,17H2,1-5H3. The fourth-order valence-corrected chi connectivity index (χ4v) is 3.19. The first-order chi connectivity index (χ1) is 8.29. The second kappa shape index (κ2) is 6.18. The van der Waals surface area contributed by atoms with Gasteiger partial charge in [0.15, 0.2) is 0 Å². The largest absolute Gasteiger partial charge is 0.330 e. The van der Waals surface area contributed by atoms with E-state index in [1.54, 1.807) is 0 Å². The molecule has 1 unspecified atom stereocenters. The van der Waals surface area contributed by atoms with Crippen molar-refractivity contribution in [2.24, 2.45) is 11.1 Å². The molecule has 0 saturated heterocycles. The second-order valence-electron chi connectivity index (χ2n) is 5.89. The molecule has 1 atom stereocenters. The van der Waals surface area contributed by atoms with Crippen LogP contribution in [0, 0.1) is 12.3 Å². The zero-order valence-electron chi connectivity index (χ0n) is 12.1. The summed E-state index contributed by atoms with van der Waals surface area (Å²) in [6, 6.07) is 6.88. The van der Waals surface area contributed by atoms with Crippen molar-refractivity contribution in [1.82, 2.24) is 4.90 Å². The van der Waals surface area contributed by atoms with Crippen LogP contribution in [-0.4, -0.2) is 25.5 Å². The Balaban J connectivity index is 3.24. The number of nitrogens with zero attached hydrogens (tertiary/aromatic N) is 1. The molecule has 0 aromatic heterocycles. The third-order valence-electron chi connectivity index (χ3n) is 3.58. The van der Waals surface area contributed by atoms with Gasteiger partial charge in [-0.05, 0) is 62.7 Å². The van der Waals surface area contributed by atoms with Crippen molar-refractivity contribution in [1.29, 1.82) is 0 Å². The monoisotopic (exact) mass is 312 g/mol. The average molecular weight is 313 g/mol. The van der Waals surface area contributed by atoms with E-state index >= 15 is 0 Å². The number of halogens is 1. The molecule has 18 heavy (non-hydrogen) atoms. The highest BCUT2D eigenvalue weighted by molar-refractivity contribution is 9.10. The van der Waals surface area contributed by atoms with Crippen molar-refractivity contribution in [3.05, 3.63) is 33.8 Å². The molecule has 2 N–H and O–H groups in total. The lowest BCUT2D eigenvalue weighted by Crippen LogP contribution is -2.35. The van der Waals surface area contributed by atoms with Crippen LogP contribution in [0.3, 0.4) is 0 Å². The van der Waals surface area contributed by atoms with Crippen LogP contribution < -0.4 is 5.73 Å². The molecule has 0 aliphatic carbocycles. The number of nitrogens with two attached hydrogens (primary N) is 1. The lowest BCUT2D eigenvalue weighted by molar-refractivity contribution is 0.128. The molecule has 0 aliphatic rings. The minimum atomic E-state index is 0.157. The molecule has 2 nitrogen and oxygen atoms in total. The highest BCUT2D eigenvalue weighted by Gasteiger charge is 2.32. The number of rotatable bonds is 5. The Kier molecular flexibility index (Phi) is 5.38. The van der Waals surface area contributed by atoms with Crippen LogP contribution in [-0.2, 0) is 0 Å². The summed E-state index contributed by atoms with van der Waals surface area (Å²) in [7, 11) is 4.28. The van der Waals surface area contributed by atoms with Gasteiger partial charge in [-0.25, -0.2) is 0 Å². The van der Waals surface area contributed by atoms with Crippen LogP contribution in [0.1, 0.15) is 37.4 Å². The first kappa shape index (κ1) is 15.7. The van der Waals surface area contributed by atoms with Crippen molar-refractivity contribution in [2.45, 2.75) is 33.2 Å². The van der Waals surface area contributed by atoms with E-state index in [0.29, 0.717) is 6.04 Å². The molecule has 0 spiro atoms. The first-order valence-electron chi connectivity index (χ1n) is 6.42. The van der Waals surface area contributed by atoms with Gasteiger partial charge in [0.2, 0.25) is 0 Å². The molecule has 0 heterocycles. The van der Waals surface area contributed by atoms with Crippen LogP contribution in [0.2, 0.25) is 0 Å². The van der Waals surface area contributed by atoms with E-state index in [2.05, 4.69) is 73.9 Å². The van der Waals surface area contributed by atoms with E-state index in [9.17, 15) is 0 Å². The molecule has 0 radical (unpaired) electrons. The smallest absolute Gasteiger partial charge is 0.0396 e. The van der Waals surface area contributed by atoms with Crippen molar-refractivity contribution in [3.8, 4) is 0 Å². The minimum Gasteiger partial charge on any atom is -0.330 e. The van der Waals surface area contributed by atoms with Crippen molar-refractivity contribution < 1.29 is 0 Å². The molecule has 0 saturated carbocycles. The summed E-state index contributed by atoms with van der Waals surface area (Å²) in [6.45, 7) is 7.50. The topological polar surface area (TPSA) is 29.3 Å². The zero-order chi connectivity index (χ0) is 13.9. The van der Waals surface area contributed by atoms with Gasteiger partial charge in [-0.1, -0.05) is 35.8 Å². The Morgan fingerprint density at radius 1 is 1.33 bits per heavy atom. The minimum absolute atomic E-state index is 0.157. The third kappa shape index (κ3) is 3.56. The summed E-state index contributed by atoms with van der Waals surface area (Å²) in [5.41, 5.74) is 8.64.